The molecule has 0 saturated carbocycles. The van der Waals surface area contributed by atoms with E-state index in [1.807, 2.05) is 0 Å². The summed E-state index contributed by atoms with van der Waals surface area (Å²) < 4.78 is 56.3. The molecular formula is C31H28O14. The van der Waals surface area contributed by atoms with Crippen molar-refractivity contribution in [2.45, 2.75) is 18.3 Å². The van der Waals surface area contributed by atoms with Gasteiger partial charge in [0.25, 0.3) is 5.78 Å². The number of carbonyl (C=O) groups is 2. The van der Waals surface area contributed by atoms with Gasteiger partial charge >= 0.3 is 17.4 Å². The van der Waals surface area contributed by atoms with Crippen LogP contribution in [0.25, 0.3) is 21.5 Å². The minimum Gasteiger partial charge on any atom is -0.496 e. The second-order valence-electron chi connectivity index (χ2n) is 10.0. The largest absolute Gasteiger partial charge is 0.496 e. The highest BCUT2D eigenvalue weighted by molar-refractivity contribution is 6.18. The summed E-state index contributed by atoms with van der Waals surface area (Å²) >= 11 is 0. The minimum atomic E-state index is -2.36. The van der Waals surface area contributed by atoms with Crippen LogP contribution >= 0.6 is 0 Å². The first kappa shape index (κ1) is 29.7. The number of esters is 1. The number of methoxy groups -OCH3 is 7. The first-order valence-electron chi connectivity index (χ1n) is 13.4. The molecule has 1 N–H and O–H groups in total. The maximum absolute atomic E-state index is 14.4. The van der Waals surface area contributed by atoms with Crippen LogP contribution in [0, 0.1) is 0 Å². The predicted molar refractivity (Wildman–Crippen MR) is 155 cm³/mol. The number of hydrogen-bond acceptors (Lipinski definition) is 14. The smallest absolute Gasteiger partial charge is 0.374 e. The molecule has 45 heavy (non-hydrogen) atoms. The van der Waals surface area contributed by atoms with Gasteiger partial charge in [-0.2, -0.15) is 0 Å². The number of aliphatic hydroxyl groups is 1. The molecule has 3 aromatic carbocycles. The maximum atomic E-state index is 14.4. The molecule has 6 rings (SSSR count). The topological polar surface area (TPSA) is 168 Å². The minimum absolute atomic E-state index is 0.0449. The van der Waals surface area contributed by atoms with Crippen molar-refractivity contribution in [3.05, 3.63) is 45.5 Å². The molecule has 0 radical (unpaired) electrons. The van der Waals surface area contributed by atoms with E-state index >= 15 is 0 Å². The molecule has 1 aromatic heterocycles. The third kappa shape index (κ3) is 3.94. The summed E-state index contributed by atoms with van der Waals surface area (Å²) in [6, 6.07) is 4.41. The van der Waals surface area contributed by atoms with E-state index in [1.165, 1.54) is 54.8 Å². The average molecular weight is 625 g/mol. The molecule has 0 saturated heterocycles. The van der Waals surface area contributed by atoms with Gasteiger partial charge in [-0.3, -0.25) is 4.79 Å². The number of benzene rings is 3. The van der Waals surface area contributed by atoms with Crippen LogP contribution in [0.5, 0.6) is 46.0 Å². The number of hydrogen-bond donors (Lipinski definition) is 1. The fraction of sp³-hybridized carbons (Fsp3) is 0.323. The van der Waals surface area contributed by atoms with Crippen molar-refractivity contribution in [1.29, 1.82) is 0 Å². The predicted octanol–water partition coefficient (Wildman–Crippen LogP) is 3.05. The molecular weight excluding hydrogens is 596 g/mol. The molecule has 2 atom stereocenters. The Hall–Kier alpha value is -5.37. The van der Waals surface area contributed by atoms with E-state index in [-0.39, 0.29) is 68.8 Å². The van der Waals surface area contributed by atoms with Crippen LogP contribution in [0.3, 0.4) is 0 Å². The van der Waals surface area contributed by atoms with Crippen LogP contribution in [-0.4, -0.2) is 78.5 Å². The molecule has 1 spiro atoms. The number of rotatable bonds is 7. The summed E-state index contributed by atoms with van der Waals surface area (Å²) in [6.45, 7) is 0. The van der Waals surface area contributed by atoms with Gasteiger partial charge in [0, 0.05) is 18.1 Å². The van der Waals surface area contributed by atoms with Gasteiger partial charge in [0.15, 0.2) is 34.5 Å². The van der Waals surface area contributed by atoms with Gasteiger partial charge in [-0.05, 0) is 17.5 Å². The lowest BCUT2D eigenvalue weighted by atomic mass is 9.89. The van der Waals surface area contributed by atoms with E-state index in [0.717, 1.165) is 7.11 Å². The van der Waals surface area contributed by atoms with Crippen LogP contribution in [-0.2, 0) is 11.2 Å². The lowest BCUT2D eigenvalue weighted by molar-refractivity contribution is -0.152. The van der Waals surface area contributed by atoms with Crippen molar-refractivity contribution >= 4 is 33.3 Å². The number of ether oxygens (including phenoxy) is 9. The Bertz CT molecular complexity index is 1980. The van der Waals surface area contributed by atoms with Crippen molar-refractivity contribution in [3.8, 4) is 46.0 Å². The molecule has 0 aliphatic carbocycles. The van der Waals surface area contributed by atoms with Gasteiger partial charge in [0.05, 0.1) is 60.5 Å². The number of fused-ring (bicyclic) bond motifs is 4. The molecule has 0 amide bonds. The third-order valence-corrected chi connectivity index (χ3v) is 7.91. The second kappa shape index (κ2) is 10.7. The van der Waals surface area contributed by atoms with Gasteiger partial charge in [-0.15, -0.1) is 0 Å². The highest BCUT2D eigenvalue weighted by Gasteiger charge is 2.61. The molecule has 14 nitrogen and oxygen atoms in total. The fourth-order valence-electron chi connectivity index (χ4n) is 5.97. The fourth-order valence-corrected chi connectivity index (χ4v) is 5.97. The molecule has 2 aliphatic heterocycles. The Kier molecular flexibility index (Phi) is 7.03. The van der Waals surface area contributed by atoms with E-state index in [1.54, 1.807) is 6.07 Å². The van der Waals surface area contributed by atoms with E-state index in [2.05, 4.69) is 4.74 Å². The van der Waals surface area contributed by atoms with Crippen molar-refractivity contribution in [2.75, 3.05) is 49.8 Å². The number of ketones is 1. The molecule has 236 valence electrons. The molecule has 0 fully saturated rings. The normalized spacial score (nSPS) is 18.1. The Labute approximate surface area is 254 Å². The first-order valence-corrected chi connectivity index (χ1v) is 13.4. The Morgan fingerprint density at radius 2 is 1.38 bits per heavy atom. The molecule has 0 unspecified atom stereocenters. The number of Topliss-reactive ketones (excluding diaryl/α,β-unsaturated/α-hetero) is 1. The van der Waals surface area contributed by atoms with Gasteiger partial charge in [-0.25, -0.2) is 9.59 Å². The third-order valence-electron chi connectivity index (χ3n) is 7.91. The summed E-state index contributed by atoms with van der Waals surface area (Å²) in [5, 5.41) is 12.4. The molecule has 14 heteroatoms. The summed E-state index contributed by atoms with van der Waals surface area (Å²) in [6.07, 6.45) is -1.76. The van der Waals surface area contributed by atoms with Gasteiger partial charge in [-0.1, -0.05) is 0 Å². The Balaban J connectivity index is 1.61. The van der Waals surface area contributed by atoms with E-state index < -0.39 is 29.3 Å². The molecule has 0 bridgehead atoms. The lowest BCUT2D eigenvalue weighted by Gasteiger charge is -2.37. The monoisotopic (exact) mass is 624 g/mol. The zero-order valence-electron chi connectivity index (χ0n) is 25.3. The SMILES string of the molecule is COC(=O)c1cc2cc3c(c(OC)c2c(=O)o1)O[C@@]1(Oc2c(c(OC)c4c(OC)cc(OC)c(OC)c4c2OC)C1=O)[C@H](O)C3. The zero-order chi connectivity index (χ0) is 32.4. The van der Waals surface area contributed by atoms with Crippen LogP contribution in [0.4, 0.5) is 0 Å². The second-order valence-corrected chi connectivity index (χ2v) is 10.0. The first-order chi connectivity index (χ1) is 21.6. The van der Waals surface area contributed by atoms with E-state index in [0.29, 0.717) is 22.1 Å². The van der Waals surface area contributed by atoms with Gasteiger partial charge in [0.1, 0.15) is 28.6 Å². The lowest BCUT2D eigenvalue weighted by Crippen LogP contribution is -2.58. The number of aliphatic hydroxyl groups excluding tert-OH is 1. The number of carbonyl (C=O) groups excluding carboxylic acids is 2. The van der Waals surface area contributed by atoms with Crippen LogP contribution in [0.1, 0.15) is 26.5 Å². The quantitative estimate of drug-likeness (QED) is 0.298. The molecule has 3 heterocycles. The summed E-state index contributed by atoms with van der Waals surface area (Å²) in [5.41, 5.74) is -0.638. The van der Waals surface area contributed by atoms with Crippen molar-refractivity contribution in [1.82, 2.24) is 0 Å². The van der Waals surface area contributed by atoms with Crippen LogP contribution in [0.2, 0.25) is 0 Å². The summed E-state index contributed by atoms with van der Waals surface area (Å²) in [4.78, 5) is 39.6. The van der Waals surface area contributed by atoms with Gasteiger partial charge < -0.3 is 52.2 Å². The molecule has 4 aromatic rings. The van der Waals surface area contributed by atoms with E-state index in [9.17, 15) is 19.5 Å². The maximum Gasteiger partial charge on any atom is 0.374 e. The standard InChI is InChI=1S/C31H28O14/c1-36-14-11-15(37-2)23(38-3)20-19(14)24(39-4)21-27(26(20)41-6)45-31(28(21)33)17(32)10-13-8-12-9-16(29(34)42-7)43-30(35)18(12)25(40-5)22(13)44-31/h8-9,11,17,32H,10H2,1-7H3/t17-,31-/m1/s1. The summed E-state index contributed by atoms with van der Waals surface area (Å²) in [5.74, 6) is -3.65. The highest BCUT2D eigenvalue weighted by atomic mass is 16.7. The van der Waals surface area contributed by atoms with Crippen molar-refractivity contribution < 1.29 is 61.7 Å². The molecule has 2 aliphatic rings. The van der Waals surface area contributed by atoms with Crippen LogP contribution in [0.15, 0.2) is 27.4 Å². The zero-order valence-corrected chi connectivity index (χ0v) is 25.3. The highest BCUT2D eigenvalue weighted by Crippen LogP contribution is 2.59. The van der Waals surface area contributed by atoms with Crippen molar-refractivity contribution in [2.24, 2.45) is 0 Å². The van der Waals surface area contributed by atoms with E-state index in [4.69, 9.17) is 42.3 Å². The van der Waals surface area contributed by atoms with Gasteiger partial charge in [0.2, 0.25) is 5.76 Å². The summed E-state index contributed by atoms with van der Waals surface area (Å²) in [7, 11) is 9.49. The Morgan fingerprint density at radius 1 is 0.756 bits per heavy atom. The van der Waals surface area contributed by atoms with Crippen LogP contribution < -0.4 is 43.5 Å². The average Bonchev–Trinajstić information content (AvgIpc) is 3.33. The van der Waals surface area contributed by atoms with Crippen molar-refractivity contribution in [3.63, 3.8) is 0 Å². The Morgan fingerprint density at radius 3 is 1.98 bits per heavy atom.